The van der Waals surface area contributed by atoms with E-state index in [0.29, 0.717) is 16.8 Å². The highest BCUT2D eigenvalue weighted by atomic mass is 79.9. The van der Waals surface area contributed by atoms with Crippen molar-refractivity contribution >= 4 is 55.3 Å². The predicted molar refractivity (Wildman–Crippen MR) is 85.6 cm³/mol. The first-order chi connectivity index (χ1) is 9.58. The Hall–Kier alpha value is -1.19. The van der Waals surface area contributed by atoms with E-state index in [-0.39, 0.29) is 5.95 Å². The van der Waals surface area contributed by atoms with Gasteiger partial charge in [-0.3, -0.25) is 0 Å². The lowest BCUT2D eigenvalue weighted by atomic mass is 10.2. The fourth-order valence-electron chi connectivity index (χ4n) is 1.66. The summed E-state index contributed by atoms with van der Waals surface area (Å²) in [6.07, 6.45) is 1.88. The van der Waals surface area contributed by atoms with E-state index in [0.717, 1.165) is 14.5 Å². The molecular formula is C11H8Br2N6S. The fourth-order valence-corrected chi connectivity index (χ4v) is 2.80. The highest BCUT2D eigenvalue weighted by Crippen LogP contribution is 2.29. The van der Waals surface area contributed by atoms with E-state index in [9.17, 15) is 0 Å². The van der Waals surface area contributed by atoms with E-state index in [4.69, 9.17) is 5.73 Å². The second-order valence-electron chi connectivity index (χ2n) is 3.84. The molecule has 0 saturated carbocycles. The first-order valence-electron chi connectivity index (χ1n) is 5.48. The lowest BCUT2D eigenvalue weighted by Gasteiger charge is -1.99. The highest BCUT2D eigenvalue weighted by molar-refractivity contribution is 9.11. The third-order valence-corrected chi connectivity index (χ3v) is 4.30. The molecule has 0 aliphatic carbocycles. The molecule has 0 bridgehead atoms. The van der Waals surface area contributed by atoms with Gasteiger partial charge in [0.15, 0.2) is 11.0 Å². The predicted octanol–water partition coefficient (Wildman–Crippen LogP) is 3.02. The van der Waals surface area contributed by atoms with Crippen LogP contribution in [-0.2, 0) is 0 Å². The summed E-state index contributed by atoms with van der Waals surface area (Å²) in [4.78, 5) is 12.8. The van der Waals surface area contributed by atoms with Gasteiger partial charge in [0.1, 0.15) is 0 Å². The molecule has 0 atom stereocenters. The third kappa shape index (κ3) is 2.40. The summed E-state index contributed by atoms with van der Waals surface area (Å²) in [5, 5.41) is 4.93. The zero-order chi connectivity index (χ0) is 14.3. The molecule has 0 spiro atoms. The van der Waals surface area contributed by atoms with Gasteiger partial charge in [0.25, 0.3) is 5.78 Å². The Kier molecular flexibility index (Phi) is 3.65. The number of rotatable bonds is 2. The molecule has 1 aromatic carbocycles. The Morgan fingerprint density at radius 2 is 2.00 bits per heavy atom. The fraction of sp³-hybridized carbons (Fsp3) is 0.0909. The lowest BCUT2D eigenvalue weighted by molar-refractivity contribution is 0.851. The molecule has 9 heteroatoms. The largest absolute Gasteiger partial charge is 0.368 e. The summed E-state index contributed by atoms with van der Waals surface area (Å²) in [7, 11) is 0. The molecule has 2 aromatic heterocycles. The van der Waals surface area contributed by atoms with Crippen LogP contribution in [-0.4, -0.2) is 30.8 Å². The van der Waals surface area contributed by atoms with Gasteiger partial charge < -0.3 is 5.73 Å². The number of benzene rings is 1. The second-order valence-corrected chi connectivity index (χ2v) is 6.38. The number of hydrogen-bond donors (Lipinski definition) is 1. The van der Waals surface area contributed by atoms with Crippen LogP contribution in [0, 0.1) is 0 Å². The molecule has 0 aliphatic rings. The molecule has 20 heavy (non-hydrogen) atoms. The van der Waals surface area contributed by atoms with Gasteiger partial charge in [-0.25, -0.2) is 0 Å². The van der Waals surface area contributed by atoms with Crippen molar-refractivity contribution in [2.24, 2.45) is 0 Å². The van der Waals surface area contributed by atoms with Crippen LogP contribution in [0.3, 0.4) is 0 Å². The first kappa shape index (κ1) is 13.8. The molecule has 0 radical (unpaired) electrons. The number of anilines is 1. The number of nitrogens with zero attached hydrogens (tertiary/aromatic N) is 5. The highest BCUT2D eigenvalue weighted by Gasteiger charge is 2.14. The van der Waals surface area contributed by atoms with Crippen LogP contribution in [0.5, 0.6) is 0 Å². The standard InChI is InChI=1S/C11H8Br2N6S/c1-20-11-16-9(14)19-10(17-11)15-8(18-19)6-4-5(12)2-3-7(6)13/h2-4H,1H3,(H2,14,15,16,17,18). The van der Waals surface area contributed by atoms with Crippen LogP contribution in [0.4, 0.5) is 5.95 Å². The molecule has 0 saturated heterocycles. The smallest absolute Gasteiger partial charge is 0.258 e. The molecule has 0 unspecified atom stereocenters. The number of nitrogen functional groups attached to an aromatic ring is 1. The maximum absolute atomic E-state index is 5.87. The summed E-state index contributed by atoms with van der Waals surface area (Å²) in [5.74, 6) is 1.24. The molecule has 0 fully saturated rings. The molecule has 0 amide bonds. The minimum atomic E-state index is 0.268. The minimum absolute atomic E-state index is 0.268. The first-order valence-corrected chi connectivity index (χ1v) is 8.29. The number of hydrogen-bond acceptors (Lipinski definition) is 6. The summed E-state index contributed by atoms with van der Waals surface area (Å²) < 4.78 is 3.27. The van der Waals surface area contributed by atoms with E-state index < -0.39 is 0 Å². The third-order valence-electron chi connectivity index (χ3n) is 2.56. The quantitative estimate of drug-likeness (QED) is 0.647. The second kappa shape index (κ2) is 5.30. The van der Waals surface area contributed by atoms with Crippen molar-refractivity contribution < 1.29 is 0 Å². The maximum atomic E-state index is 5.87. The molecule has 2 heterocycles. The van der Waals surface area contributed by atoms with Crippen LogP contribution >= 0.6 is 43.6 Å². The summed E-state index contributed by atoms with van der Waals surface area (Å²) in [6, 6.07) is 5.79. The topological polar surface area (TPSA) is 82.0 Å². The molecular weight excluding hydrogens is 408 g/mol. The number of aromatic nitrogens is 5. The molecule has 0 aliphatic heterocycles. The van der Waals surface area contributed by atoms with Crippen molar-refractivity contribution in [3.8, 4) is 11.4 Å². The molecule has 3 rings (SSSR count). The zero-order valence-electron chi connectivity index (χ0n) is 10.2. The van der Waals surface area contributed by atoms with Gasteiger partial charge in [0.05, 0.1) is 0 Å². The van der Waals surface area contributed by atoms with Crippen molar-refractivity contribution in [2.75, 3.05) is 12.0 Å². The number of thioether (sulfide) groups is 1. The van der Waals surface area contributed by atoms with Crippen LogP contribution < -0.4 is 5.73 Å². The van der Waals surface area contributed by atoms with Gasteiger partial charge in [0, 0.05) is 14.5 Å². The Labute approximate surface area is 135 Å². The van der Waals surface area contributed by atoms with Crippen LogP contribution in [0.1, 0.15) is 0 Å². The zero-order valence-corrected chi connectivity index (χ0v) is 14.2. The van der Waals surface area contributed by atoms with Gasteiger partial charge in [0.2, 0.25) is 5.95 Å². The Morgan fingerprint density at radius 3 is 2.75 bits per heavy atom. The molecule has 6 nitrogen and oxygen atoms in total. The summed E-state index contributed by atoms with van der Waals surface area (Å²) in [5.41, 5.74) is 6.72. The molecule has 102 valence electrons. The maximum Gasteiger partial charge on any atom is 0.258 e. The normalized spacial score (nSPS) is 11.2. The van der Waals surface area contributed by atoms with E-state index in [1.54, 1.807) is 0 Å². The average molecular weight is 416 g/mol. The molecule has 3 aromatic rings. The van der Waals surface area contributed by atoms with E-state index in [2.05, 4.69) is 51.9 Å². The number of nitrogens with two attached hydrogens (primary N) is 1. The van der Waals surface area contributed by atoms with Gasteiger partial charge in [-0.05, 0) is 24.5 Å². The Morgan fingerprint density at radius 1 is 1.20 bits per heavy atom. The van der Waals surface area contributed by atoms with Crippen molar-refractivity contribution in [2.45, 2.75) is 5.16 Å². The lowest BCUT2D eigenvalue weighted by Crippen LogP contribution is -2.04. The summed E-state index contributed by atoms with van der Waals surface area (Å²) in [6.45, 7) is 0. The average Bonchev–Trinajstić information content (AvgIpc) is 2.85. The van der Waals surface area contributed by atoms with Crippen molar-refractivity contribution in [3.05, 3.63) is 27.1 Å². The van der Waals surface area contributed by atoms with Gasteiger partial charge >= 0.3 is 0 Å². The van der Waals surface area contributed by atoms with Gasteiger partial charge in [-0.15, -0.1) is 5.10 Å². The SMILES string of the molecule is CSc1nc(N)n2nc(-c3cc(Br)ccc3Br)nc2n1. The molecule has 2 N–H and O–H groups in total. The van der Waals surface area contributed by atoms with Crippen molar-refractivity contribution in [3.63, 3.8) is 0 Å². The Balaban J connectivity index is 2.22. The van der Waals surface area contributed by atoms with E-state index in [1.165, 1.54) is 16.3 Å². The van der Waals surface area contributed by atoms with Crippen LogP contribution in [0.25, 0.3) is 17.2 Å². The van der Waals surface area contributed by atoms with Gasteiger partial charge in [-0.1, -0.05) is 43.6 Å². The van der Waals surface area contributed by atoms with E-state index in [1.807, 2.05) is 24.5 Å². The van der Waals surface area contributed by atoms with E-state index >= 15 is 0 Å². The van der Waals surface area contributed by atoms with Gasteiger partial charge in [-0.2, -0.15) is 19.5 Å². The Bertz CT molecular complexity index is 803. The number of halogens is 2. The van der Waals surface area contributed by atoms with Crippen molar-refractivity contribution in [1.29, 1.82) is 0 Å². The monoisotopic (exact) mass is 414 g/mol. The van der Waals surface area contributed by atoms with Crippen LogP contribution in [0.15, 0.2) is 32.3 Å². The number of fused-ring (bicyclic) bond motifs is 1. The summed E-state index contributed by atoms with van der Waals surface area (Å²) >= 11 is 8.33. The van der Waals surface area contributed by atoms with Crippen LogP contribution in [0.2, 0.25) is 0 Å². The van der Waals surface area contributed by atoms with Crippen molar-refractivity contribution in [1.82, 2.24) is 24.6 Å². The minimum Gasteiger partial charge on any atom is -0.368 e.